The van der Waals surface area contributed by atoms with Gasteiger partial charge in [0.2, 0.25) is 0 Å². The van der Waals surface area contributed by atoms with Crippen molar-refractivity contribution in [3.05, 3.63) is 59.0 Å². The van der Waals surface area contributed by atoms with Crippen LogP contribution in [0.25, 0.3) is 0 Å². The van der Waals surface area contributed by atoms with E-state index in [1.807, 2.05) is 12.1 Å². The van der Waals surface area contributed by atoms with E-state index in [4.69, 9.17) is 10.2 Å². The molecular weight excluding hydrogens is 186 g/mol. The fraction of sp³-hybridized carbons (Fsp3) is 0.231. The number of hydrogen-bond donors (Lipinski definition) is 1. The zero-order chi connectivity index (χ0) is 10.8. The Morgan fingerprint density at radius 2 is 1.93 bits per heavy atom. The van der Waals surface area contributed by atoms with Gasteiger partial charge in [-0.15, -0.1) is 0 Å². The van der Waals surface area contributed by atoms with Crippen LogP contribution in [0, 0.1) is 13.8 Å². The highest BCUT2D eigenvalue weighted by molar-refractivity contribution is 5.34. The van der Waals surface area contributed by atoms with Crippen molar-refractivity contribution in [1.29, 1.82) is 0 Å². The minimum atomic E-state index is -0.167. The summed E-state index contributed by atoms with van der Waals surface area (Å²) in [6.07, 6.45) is 1.65. The summed E-state index contributed by atoms with van der Waals surface area (Å²) < 4.78 is 5.29. The van der Waals surface area contributed by atoms with Crippen LogP contribution in [0.5, 0.6) is 0 Å². The van der Waals surface area contributed by atoms with E-state index in [0.717, 1.165) is 11.3 Å². The van der Waals surface area contributed by atoms with Crippen molar-refractivity contribution >= 4 is 0 Å². The largest absolute Gasteiger partial charge is 0.467 e. The summed E-state index contributed by atoms with van der Waals surface area (Å²) in [6, 6.07) is 9.85. The molecule has 1 unspecified atom stereocenters. The predicted octanol–water partition coefficient (Wildman–Crippen LogP) is 2.94. The van der Waals surface area contributed by atoms with E-state index < -0.39 is 0 Å². The third-order valence-electron chi connectivity index (χ3n) is 2.74. The predicted molar refractivity (Wildman–Crippen MR) is 60.7 cm³/mol. The Morgan fingerprint density at radius 3 is 2.53 bits per heavy atom. The third-order valence-corrected chi connectivity index (χ3v) is 2.74. The number of hydrogen-bond acceptors (Lipinski definition) is 2. The van der Waals surface area contributed by atoms with E-state index in [2.05, 4.69) is 32.0 Å². The summed E-state index contributed by atoms with van der Waals surface area (Å²) in [5, 5.41) is 0. The normalized spacial score (nSPS) is 12.7. The molecule has 0 aliphatic heterocycles. The fourth-order valence-electron chi connectivity index (χ4n) is 1.59. The lowest BCUT2D eigenvalue weighted by atomic mass is 10.0. The van der Waals surface area contributed by atoms with E-state index in [9.17, 15) is 0 Å². The summed E-state index contributed by atoms with van der Waals surface area (Å²) in [4.78, 5) is 0. The Labute approximate surface area is 89.7 Å². The van der Waals surface area contributed by atoms with Gasteiger partial charge < -0.3 is 10.2 Å². The third kappa shape index (κ3) is 1.95. The molecule has 1 aromatic carbocycles. The van der Waals surface area contributed by atoms with Crippen molar-refractivity contribution in [2.75, 3.05) is 0 Å². The van der Waals surface area contributed by atoms with Gasteiger partial charge in [0.15, 0.2) is 0 Å². The average molecular weight is 201 g/mol. The lowest BCUT2D eigenvalue weighted by molar-refractivity contribution is 0.490. The zero-order valence-corrected chi connectivity index (χ0v) is 9.03. The molecule has 0 saturated carbocycles. The van der Waals surface area contributed by atoms with Gasteiger partial charge in [0.25, 0.3) is 0 Å². The maximum atomic E-state index is 6.09. The van der Waals surface area contributed by atoms with Crippen LogP contribution in [0.4, 0.5) is 0 Å². The molecule has 2 rings (SSSR count). The van der Waals surface area contributed by atoms with Crippen molar-refractivity contribution in [3.63, 3.8) is 0 Å². The lowest BCUT2D eigenvalue weighted by Crippen LogP contribution is -2.11. The van der Waals surface area contributed by atoms with Crippen LogP contribution in [0.1, 0.15) is 28.5 Å². The molecule has 0 fully saturated rings. The highest BCUT2D eigenvalue weighted by atomic mass is 16.3. The Bertz CT molecular complexity index is 446. The topological polar surface area (TPSA) is 39.2 Å². The first-order valence-electron chi connectivity index (χ1n) is 5.04. The average Bonchev–Trinajstić information content (AvgIpc) is 2.74. The van der Waals surface area contributed by atoms with Crippen LogP contribution < -0.4 is 5.73 Å². The molecule has 0 aliphatic rings. The number of benzene rings is 1. The molecule has 0 saturated heterocycles. The van der Waals surface area contributed by atoms with E-state index in [-0.39, 0.29) is 6.04 Å². The van der Waals surface area contributed by atoms with E-state index in [0.29, 0.717) is 0 Å². The van der Waals surface area contributed by atoms with Gasteiger partial charge in [-0.1, -0.05) is 18.2 Å². The number of furan rings is 1. The molecule has 15 heavy (non-hydrogen) atoms. The zero-order valence-electron chi connectivity index (χ0n) is 9.03. The minimum absolute atomic E-state index is 0.167. The summed E-state index contributed by atoms with van der Waals surface area (Å²) in [5.74, 6) is 0.804. The molecule has 1 aromatic heterocycles. The van der Waals surface area contributed by atoms with Crippen molar-refractivity contribution in [2.45, 2.75) is 19.9 Å². The van der Waals surface area contributed by atoms with E-state index >= 15 is 0 Å². The van der Waals surface area contributed by atoms with Gasteiger partial charge in [-0.2, -0.15) is 0 Å². The quantitative estimate of drug-likeness (QED) is 0.811. The highest BCUT2D eigenvalue weighted by Gasteiger charge is 2.11. The second-order valence-corrected chi connectivity index (χ2v) is 3.84. The Morgan fingerprint density at radius 1 is 1.13 bits per heavy atom. The smallest absolute Gasteiger partial charge is 0.124 e. The standard InChI is InChI=1S/C13H15NO/c1-9-5-6-11(8-10(9)2)13(14)12-4-3-7-15-12/h3-8,13H,14H2,1-2H3. The van der Waals surface area contributed by atoms with Crippen LogP contribution in [0.2, 0.25) is 0 Å². The van der Waals surface area contributed by atoms with Crippen molar-refractivity contribution < 1.29 is 4.42 Å². The van der Waals surface area contributed by atoms with Crippen LogP contribution in [0.15, 0.2) is 41.0 Å². The molecule has 2 aromatic rings. The van der Waals surface area contributed by atoms with Gasteiger partial charge in [0, 0.05) is 0 Å². The SMILES string of the molecule is Cc1ccc(C(N)c2ccco2)cc1C. The first kappa shape index (κ1) is 9.99. The van der Waals surface area contributed by atoms with Crippen molar-refractivity contribution in [1.82, 2.24) is 0 Å². The molecule has 0 radical (unpaired) electrons. The van der Waals surface area contributed by atoms with E-state index in [1.54, 1.807) is 6.26 Å². The molecule has 2 nitrogen and oxygen atoms in total. The van der Waals surface area contributed by atoms with Gasteiger partial charge in [0.05, 0.1) is 12.3 Å². The molecule has 2 heteroatoms. The molecule has 2 N–H and O–H groups in total. The Kier molecular flexibility index (Phi) is 2.60. The van der Waals surface area contributed by atoms with Crippen molar-refractivity contribution in [3.8, 4) is 0 Å². The molecule has 0 spiro atoms. The maximum Gasteiger partial charge on any atom is 0.124 e. The Balaban J connectivity index is 2.34. The number of aryl methyl sites for hydroxylation is 2. The molecule has 0 bridgehead atoms. The van der Waals surface area contributed by atoms with Gasteiger partial charge in [-0.3, -0.25) is 0 Å². The second kappa shape index (κ2) is 3.91. The van der Waals surface area contributed by atoms with Gasteiger partial charge in [0.1, 0.15) is 5.76 Å². The monoisotopic (exact) mass is 201 g/mol. The molecule has 1 heterocycles. The first-order valence-corrected chi connectivity index (χ1v) is 5.04. The van der Waals surface area contributed by atoms with Crippen LogP contribution >= 0.6 is 0 Å². The highest BCUT2D eigenvalue weighted by Crippen LogP contribution is 2.21. The molecular formula is C13H15NO. The van der Waals surface area contributed by atoms with Gasteiger partial charge in [-0.25, -0.2) is 0 Å². The summed E-state index contributed by atoms with van der Waals surface area (Å²) in [6.45, 7) is 4.19. The van der Waals surface area contributed by atoms with Crippen LogP contribution in [-0.4, -0.2) is 0 Å². The molecule has 1 atom stereocenters. The fourth-order valence-corrected chi connectivity index (χ4v) is 1.59. The van der Waals surface area contributed by atoms with Crippen LogP contribution in [-0.2, 0) is 0 Å². The first-order chi connectivity index (χ1) is 7.18. The minimum Gasteiger partial charge on any atom is -0.467 e. The summed E-state index contributed by atoms with van der Waals surface area (Å²) in [5.41, 5.74) is 9.72. The maximum absolute atomic E-state index is 6.09. The van der Waals surface area contributed by atoms with E-state index in [1.165, 1.54) is 11.1 Å². The number of rotatable bonds is 2. The van der Waals surface area contributed by atoms with Gasteiger partial charge >= 0.3 is 0 Å². The lowest BCUT2D eigenvalue weighted by Gasteiger charge is -2.11. The van der Waals surface area contributed by atoms with Crippen molar-refractivity contribution in [2.24, 2.45) is 5.73 Å². The molecule has 0 amide bonds. The summed E-state index contributed by atoms with van der Waals surface area (Å²) in [7, 11) is 0. The molecule has 0 aliphatic carbocycles. The molecule has 78 valence electrons. The number of nitrogens with two attached hydrogens (primary N) is 1. The Hall–Kier alpha value is -1.54. The van der Waals surface area contributed by atoms with Gasteiger partial charge in [-0.05, 0) is 42.7 Å². The second-order valence-electron chi connectivity index (χ2n) is 3.84. The summed E-state index contributed by atoms with van der Waals surface area (Å²) >= 11 is 0. The van der Waals surface area contributed by atoms with Crippen LogP contribution in [0.3, 0.4) is 0 Å².